The molecule has 1 saturated heterocycles. The first-order valence-electron chi connectivity index (χ1n) is 9.99. The summed E-state index contributed by atoms with van der Waals surface area (Å²) in [6.07, 6.45) is -4.34. The first kappa shape index (κ1) is 21.3. The van der Waals surface area contributed by atoms with Crippen molar-refractivity contribution in [1.29, 1.82) is 0 Å². The molecule has 0 spiro atoms. The largest absolute Gasteiger partial charge is 0.497 e. The number of piperazine rings is 1. The second kappa shape index (κ2) is 9.07. The molecule has 1 aromatic heterocycles. The molecule has 0 atom stereocenters. The number of alkyl halides is 3. The Morgan fingerprint density at radius 2 is 1.58 bits per heavy atom. The topological polar surface area (TPSA) is 54.6 Å². The molecule has 1 fully saturated rings. The van der Waals surface area contributed by atoms with Crippen molar-refractivity contribution in [2.45, 2.75) is 19.3 Å². The van der Waals surface area contributed by atoms with Gasteiger partial charge in [0, 0.05) is 38.3 Å². The number of benzene rings is 2. The van der Waals surface area contributed by atoms with Gasteiger partial charge >= 0.3 is 6.18 Å². The van der Waals surface area contributed by atoms with Gasteiger partial charge in [-0.2, -0.15) is 18.2 Å². The zero-order chi connectivity index (χ0) is 21.8. The lowest BCUT2D eigenvalue weighted by Crippen LogP contribution is -2.45. The number of halogens is 3. The van der Waals surface area contributed by atoms with E-state index in [0.717, 1.165) is 17.4 Å². The molecule has 0 saturated carbocycles. The fourth-order valence-corrected chi connectivity index (χ4v) is 3.65. The van der Waals surface area contributed by atoms with Crippen LogP contribution in [-0.4, -0.2) is 53.2 Å². The molecule has 4 rings (SSSR count). The van der Waals surface area contributed by atoms with E-state index in [9.17, 15) is 13.2 Å². The van der Waals surface area contributed by atoms with Crippen molar-refractivity contribution in [3.05, 3.63) is 65.5 Å². The molecule has 6 nitrogen and oxygen atoms in total. The minimum atomic E-state index is -4.34. The van der Waals surface area contributed by atoms with Crippen LogP contribution in [0.4, 0.5) is 13.2 Å². The molecule has 0 radical (unpaired) electrons. The van der Waals surface area contributed by atoms with Gasteiger partial charge in [-0.1, -0.05) is 23.4 Å². The van der Waals surface area contributed by atoms with Crippen LogP contribution in [0, 0.1) is 0 Å². The van der Waals surface area contributed by atoms with Crippen LogP contribution in [0.15, 0.2) is 53.1 Å². The number of hydrogen-bond acceptors (Lipinski definition) is 6. The van der Waals surface area contributed by atoms with Crippen molar-refractivity contribution in [3.63, 3.8) is 0 Å². The lowest BCUT2D eigenvalue weighted by atomic mass is 10.1. The van der Waals surface area contributed by atoms with E-state index in [-0.39, 0.29) is 6.54 Å². The minimum absolute atomic E-state index is 0.283. The summed E-state index contributed by atoms with van der Waals surface area (Å²) in [7, 11) is 1.61. The fourth-order valence-electron chi connectivity index (χ4n) is 3.65. The van der Waals surface area contributed by atoms with Crippen LogP contribution in [0.25, 0.3) is 11.4 Å². The van der Waals surface area contributed by atoms with Crippen LogP contribution in [0.2, 0.25) is 0 Å². The van der Waals surface area contributed by atoms with Crippen LogP contribution in [-0.2, 0) is 19.3 Å². The van der Waals surface area contributed by atoms with E-state index < -0.39 is 11.7 Å². The van der Waals surface area contributed by atoms with E-state index in [0.29, 0.717) is 50.0 Å². The van der Waals surface area contributed by atoms with Gasteiger partial charge in [-0.25, -0.2) is 0 Å². The summed E-state index contributed by atoms with van der Waals surface area (Å²) in [5.41, 5.74) is 0.586. The molecule has 3 aromatic rings. The van der Waals surface area contributed by atoms with Gasteiger partial charge in [-0.05, 0) is 35.9 Å². The molecule has 0 amide bonds. The highest BCUT2D eigenvalue weighted by molar-refractivity contribution is 5.55. The average molecular weight is 432 g/mol. The van der Waals surface area contributed by atoms with Crippen LogP contribution >= 0.6 is 0 Å². The predicted octanol–water partition coefficient (Wildman–Crippen LogP) is 4.08. The Morgan fingerprint density at radius 3 is 2.23 bits per heavy atom. The third-order valence-electron chi connectivity index (χ3n) is 5.36. The van der Waals surface area contributed by atoms with Gasteiger partial charge in [-0.15, -0.1) is 0 Å². The van der Waals surface area contributed by atoms with Crippen molar-refractivity contribution in [2.24, 2.45) is 0 Å². The van der Waals surface area contributed by atoms with Gasteiger partial charge in [0.1, 0.15) is 5.75 Å². The van der Waals surface area contributed by atoms with Gasteiger partial charge in [-0.3, -0.25) is 9.80 Å². The van der Waals surface area contributed by atoms with Crippen LogP contribution in [0.5, 0.6) is 5.75 Å². The normalized spacial score (nSPS) is 15.9. The molecule has 9 heteroatoms. The Labute approximate surface area is 178 Å². The Hall–Kier alpha value is -2.91. The monoisotopic (exact) mass is 432 g/mol. The van der Waals surface area contributed by atoms with E-state index in [4.69, 9.17) is 9.26 Å². The number of hydrogen-bond donors (Lipinski definition) is 0. The smallest absolute Gasteiger partial charge is 0.416 e. The number of ether oxygens (including phenoxy) is 1. The maximum Gasteiger partial charge on any atom is 0.416 e. The zero-order valence-corrected chi connectivity index (χ0v) is 17.1. The molecule has 1 aliphatic heterocycles. The summed E-state index contributed by atoms with van der Waals surface area (Å²) in [5, 5.41) is 4.04. The number of methoxy groups -OCH3 is 1. The van der Waals surface area contributed by atoms with Crippen LogP contribution in [0.3, 0.4) is 0 Å². The predicted molar refractivity (Wildman–Crippen MR) is 108 cm³/mol. The molecular formula is C22H23F3N4O2. The molecule has 0 N–H and O–H groups in total. The highest BCUT2D eigenvalue weighted by Crippen LogP contribution is 2.32. The molecular weight excluding hydrogens is 409 g/mol. The third kappa shape index (κ3) is 5.23. The third-order valence-corrected chi connectivity index (χ3v) is 5.36. The fraction of sp³-hybridized carbons (Fsp3) is 0.364. The van der Waals surface area contributed by atoms with Crippen molar-refractivity contribution < 1.29 is 22.4 Å². The van der Waals surface area contributed by atoms with E-state index in [1.165, 1.54) is 6.07 Å². The Kier molecular flexibility index (Phi) is 6.24. The highest BCUT2D eigenvalue weighted by Gasteiger charge is 2.33. The summed E-state index contributed by atoms with van der Waals surface area (Å²) in [6.45, 7) is 3.57. The van der Waals surface area contributed by atoms with Crippen molar-refractivity contribution in [3.8, 4) is 17.1 Å². The second-order valence-electron chi connectivity index (χ2n) is 7.45. The molecule has 164 valence electrons. The van der Waals surface area contributed by atoms with Gasteiger partial charge < -0.3 is 9.26 Å². The number of aromatic nitrogens is 2. The Morgan fingerprint density at radius 1 is 0.935 bits per heavy atom. The molecule has 31 heavy (non-hydrogen) atoms. The van der Waals surface area contributed by atoms with Crippen molar-refractivity contribution in [1.82, 2.24) is 19.9 Å². The van der Waals surface area contributed by atoms with Crippen molar-refractivity contribution >= 4 is 0 Å². The van der Waals surface area contributed by atoms with E-state index in [2.05, 4.69) is 15.0 Å². The molecule has 0 bridgehead atoms. The molecule has 0 aliphatic carbocycles. The molecule has 2 aromatic carbocycles. The minimum Gasteiger partial charge on any atom is -0.497 e. The standard InChI is InChI=1S/C22H23F3N4O2/c1-30-18-8-6-16(7-9-18)21-26-20(31-27-21)15-29-12-10-28(11-13-29)14-17-4-2-3-5-19(17)22(23,24)25/h2-9H,10-15H2,1H3. The first-order chi connectivity index (χ1) is 14.9. The molecule has 0 unspecified atom stereocenters. The molecule has 1 aliphatic rings. The summed E-state index contributed by atoms with van der Waals surface area (Å²) in [4.78, 5) is 8.66. The molecule has 2 heterocycles. The van der Waals surface area contributed by atoms with E-state index in [1.54, 1.807) is 19.2 Å². The average Bonchev–Trinajstić information content (AvgIpc) is 3.23. The second-order valence-corrected chi connectivity index (χ2v) is 7.45. The van der Waals surface area contributed by atoms with Gasteiger partial charge in [0.2, 0.25) is 11.7 Å². The van der Waals surface area contributed by atoms with Gasteiger partial charge in [0.25, 0.3) is 0 Å². The zero-order valence-electron chi connectivity index (χ0n) is 17.1. The van der Waals surface area contributed by atoms with Crippen LogP contribution < -0.4 is 4.74 Å². The maximum atomic E-state index is 13.2. The van der Waals surface area contributed by atoms with Gasteiger partial charge in [0.05, 0.1) is 19.2 Å². The van der Waals surface area contributed by atoms with E-state index >= 15 is 0 Å². The van der Waals surface area contributed by atoms with Crippen LogP contribution in [0.1, 0.15) is 17.0 Å². The van der Waals surface area contributed by atoms with Crippen molar-refractivity contribution in [2.75, 3.05) is 33.3 Å². The Bertz CT molecular complexity index is 996. The Balaban J connectivity index is 1.32. The summed E-state index contributed by atoms with van der Waals surface area (Å²) >= 11 is 0. The maximum absolute atomic E-state index is 13.2. The van der Waals surface area contributed by atoms with E-state index in [1.807, 2.05) is 29.2 Å². The quantitative estimate of drug-likeness (QED) is 0.585. The summed E-state index contributed by atoms with van der Waals surface area (Å²) < 4.78 is 50.2. The highest BCUT2D eigenvalue weighted by atomic mass is 19.4. The van der Waals surface area contributed by atoms with Gasteiger partial charge in [0.15, 0.2) is 0 Å². The SMILES string of the molecule is COc1ccc(-c2noc(CN3CCN(Cc4ccccc4C(F)(F)F)CC3)n2)cc1. The number of rotatable bonds is 6. The lowest BCUT2D eigenvalue weighted by Gasteiger charge is -2.34. The number of nitrogens with zero attached hydrogens (tertiary/aromatic N) is 4. The first-order valence-corrected chi connectivity index (χ1v) is 9.99. The summed E-state index contributed by atoms with van der Waals surface area (Å²) in [5.74, 6) is 1.78. The summed E-state index contributed by atoms with van der Waals surface area (Å²) in [6, 6.07) is 13.2. The lowest BCUT2D eigenvalue weighted by molar-refractivity contribution is -0.138.